The highest BCUT2D eigenvalue weighted by Crippen LogP contribution is 2.23. The van der Waals surface area contributed by atoms with Crippen LogP contribution >= 0.6 is 15.9 Å². The normalized spacial score (nSPS) is 10.4. The summed E-state index contributed by atoms with van der Waals surface area (Å²) in [5, 5.41) is 0. The fraction of sp³-hybridized carbons (Fsp3) is 0.133. The van der Waals surface area contributed by atoms with Gasteiger partial charge in [-0.05, 0) is 36.8 Å². The number of carbonyl (C=O) groups excluding carboxylic acids is 1. The highest BCUT2D eigenvalue weighted by Gasteiger charge is 2.22. The molecule has 2 aromatic carbocycles. The minimum atomic E-state index is -0.888. The quantitative estimate of drug-likeness (QED) is 0.798. The Morgan fingerprint density at radius 2 is 1.75 bits per heavy atom. The van der Waals surface area contributed by atoms with Gasteiger partial charge in [0.05, 0.1) is 0 Å². The summed E-state index contributed by atoms with van der Waals surface area (Å²) in [6, 6.07) is 9.28. The van der Waals surface area contributed by atoms with Crippen molar-refractivity contribution in [3.05, 3.63) is 63.6 Å². The minimum Gasteiger partial charge on any atom is -0.311 e. The van der Waals surface area contributed by atoms with E-state index >= 15 is 0 Å². The van der Waals surface area contributed by atoms with E-state index in [4.69, 9.17) is 0 Å². The summed E-state index contributed by atoms with van der Waals surface area (Å²) in [4.78, 5) is 13.5. The maximum Gasteiger partial charge on any atom is 0.263 e. The molecule has 20 heavy (non-hydrogen) atoms. The fourth-order valence-electron chi connectivity index (χ4n) is 1.87. The van der Waals surface area contributed by atoms with Gasteiger partial charge in [0, 0.05) is 17.2 Å². The Balaban J connectivity index is 2.41. The molecule has 2 rings (SSSR count). The van der Waals surface area contributed by atoms with Gasteiger partial charge in [-0.15, -0.1) is 0 Å². The predicted octanol–water partition coefficient (Wildman–Crippen LogP) is 4.31. The first kappa shape index (κ1) is 14.7. The van der Waals surface area contributed by atoms with Gasteiger partial charge < -0.3 is 4.90 Å². The molecule has 0 aliphatic carbocycles. The Morgan fingerprint density at radius 3 is 2.30 bits per heavy atom. The smallest absolute Gasteiger partial charge is 0.263 e. The number of carbonyl (C=O) groups is 1. The van der Waals surface area contributed by atoms with E-state index in [9.17, 15) is 13.6 Å². The van der Waals surface area contributed by atoms with Crippen molar-refractivity contribution in [3.63, 3.8) is 0 Å². The van der Waals surface area contributed by atoms with E-state index in [2.05, 4.69) is 15.9 Å². The molecule has 0 aromatic heterocycles. The maximum atomic E-state index is 13.8. The average Bonchev–Trinajstić information content (AvgIpc) is 2.36. The predicted molar refractivity (Wildman–Crippen MR) is 78.0 cm³/mol. The molecule has 2 aromatic rings. The van der Waals surface area contributed by atoms with Crippen molar-refractivity contribution in [1.29, 1.82) is 0 Å². The minimum absolute atomic E-state index is 0.252. The van der Waals surface area contributed by atoms with Crippen molar-refractivity contribution >= 4 is 27.5 Å². The zero-order valence-corrected chi connectivity index (χ0v) is 12.5. The first-order valence-corrected chi connectivity index (χ1v) is 6.68. The summed E-state index contributed by atoms with van der Waals surface area (Å²) in [7, 11) is 1.48. The molecule has 0 unspecified atom stereocenters. The molecule has 2 nitrogen and oxygen atoms in total. The van der Waals surface area contributed by atoms with E-state index in [1.807, 2.05) is 13.0 Å². The summed E-state index contributed by atoms with van der Waals surface area (Å²) in [6.45, 7) is 1.88. The van der Waals surface area contributed by atoms with Crippen LogP contribution in [0.15, 0.2) is 40.9 Å². The van der Waals surface area contributed by atoms with E-state index in [1.54, 1.807) is 18.2 Å². The van der Waals surface area contributed by atoms with Gasteiger partial charge in [-0.2, -0.15) is 0 Å². The van der Waals surface area contributed by atoms with Crippen LogP contribution in [0.1, 0.15) is 15.9 Å². The van der Waals surface area contributed by atoms with Crippen molar-refractivity contribution in [2.24, 2.45) is 0 Å². The van der Waals surface area contributed by atoms with Gasteiger partial charge in [0.15, 0.2) is 0 Å². The average molecular weight is 340 g/mol. The SMILES string of the molecule is Cc1cccc(N(C)C(=O)c2c(F)cc(Br)cc2F)c1. The van der Waals surface area contributed by atoms with Crippen molar-refractivity contribution in [1.82, 2.24) is 0 Å². The largest absolute Gasteiger partial charge is 0.311 e. The molecule has 0 saturated heterocycles. The molecule has 0 fully saturated rings. The Bertz CT molecular complexity index is 650. The first-order valence-electron chi connectivity index (χ1n) is 5.89. The Hall–Kier alpha value is -1.75. The summed E-state index contributed by atoms with van der Waals surface area (Å²) >= 11 is 2.98. The van der Waals surface area contributed by atoms with Crippen molar-refractivity contribution in [2.45, 2.75) is 6.92 Å². The van der Waals surface area contributed by atoms with E-state index in [1.165, 1.54) is 11.9 Å². The zero-order chi connectivity index (χ0) is 14.9. The maximum absolute atomic E-state index is 13.8. The van der Waals surface area contributed by atoms with E-state index in [-0.39, 0.29) is 4.47 Å². The van der Waals surface area contributed by atoms with E-state index in [0.717, 1.165) is 17.7 Å². The highest BCUT2D eigenvalue weighted by atomic mass is 79.9. The number of hydrogen-bond acceptors (Lipinski definition) is 1. The molecule has 0 spiro atoms. The molecule has 104 valence electrons. The Kier molecular flexibility index (Phi) is 4.18. The number of halogens is 3. The molecule has 0 bridgehead atoms. The van der Waals surface area contributed by atoms with Crippen molar-refractivity contribution in [2.75, 3.05) is 11.9 Å². The third-order valence-electron chi connectivity index (χ3n) is 2.91. The Labute approximate surface area is 124 Å². The van der Waals surface area contributed by atoms with Gasteiger partial charge in [0.1, 0.15) is 17.2 Å². The summed E-state index contributed by atoms with van der Waals surface area (Å²) in [5.41, 5.74) is 0.979. The van der Waals surface area contributed by atoms with Crippen LogP contribution in [0.4, 0.5) is 14.5 Å². The monoisotopic (exact) mass is 339 g/mol. The van der Waals surface area contributed by atoms with Gasteiger partial charge in [0.25, 0.3) is 5.91 Å². The third-order valence-corrected chi connectivity index (χ3v) is 3.37. The van der Waals surface area contributed by atoms with Gasteiger partial charge >= 0.3 is 0 Å². The molecule has 0 aliphatic heterocycles. The van der Waals surface area contributed by atoms with Crippen molar-refractivity contribution in [3.8, 4) is 0 Å². The number of amides is 1. The standard InChI is InChI=1S/C15H12BrF2NO/c1-9-4-3-5-11(6-9)19(2)15(20)14-12(17)7-10(16)8-13(14)18/h3-8H,1-2H3. The molecule has 0 heterocycles. The summed E-state index contributed by atoms with van der Waals surface area (Å²) < 4.78 is 27.9. The second-order valence-electron chi connectivity index (χ2n) is 4.45. The summed E-state index contributed by atoms with van der Waals surface area (Å²) in [5.74, 6) is -2.50. The Morgan fingerprint density at radius 1 is 1.15 bits per heavy atom. The fourth-order valence-corrected chi connectivity index (χ4v) is 2.27. The lowest BCUT2D eigenvalue weighted by Crippen LogP contribution is -2.28. The lowest BCUT2D eigenvalue weighted by atomic mass is 10.1. The van der Waals surface area contributed by atoms with Crippen LogP contribution in [-0.4, -0.2) is 13.0 Å². The second kappa shape index (κ2) is 5.71. The molecule has 1 amide bonds. The third kappa shape index (κ3) is 2.88. The molecule has 0 radical (unpaired) electrons. The van der Waals surface area contributed by atoms with Crippen LogP contribution in [-0.2, 0) is 0 Å². The molecular weight excluding hydrogens is 328 g/mol. The number of hydrogen-bond donors (Lipinski definition) is 0. The molecular formula is C15H12BrF2NO. The second-order valence-corrected chi connectivity index (χ2v) is 5.36. The van der Waals surface area contributed by atoms with Gasteiger partial charge in [-0.3, -0.25) is 4.79 Å². The first-order chi connectivity index (χ1) is 9.40. The number of nitrogens with zero attached hydrogens (tertiary/aromatic N) is 1. The van der Waals surface area contributed by atoms with Crippen LogP contribution < -0.4 is 4.90 Å². The lowest BCUT2D eigenvalue weighted by molar-refractivity contribution is 0.0985. The molecule has 0 N–H and O–H groups in total. The highest BCUT2D eigenvalue weighted by molar-refractivity contribution is 9.10. The summed E-state index contributed by atoms with van der Waals surface area (Å²) in [6.07, 6.45) is 0. The van der Waals surface area contributed by atoms with Crippen LogP contribution in [0.2, 0.25) is 0 Å². The number of anilines is 1. The van der Waals surface area contributed by atoms with Crippen LogP contribution in [0.5, 0.6) is 0 Å². The zero-order valence-electron chi connectivity index (χ0n) is 11.0. The number of aryl methyl sites for hydroxylation is 1. The van der Waals surface area contributed by atoms with Crippen molar-refractivity contribution < 1.29 is 13.6 Å². The molecule has 5 heteroatoms. The van der Waals surface area contributed by atoms with Crippen LogP contribution in [0.25, 0.3) is 0 Å². The lowest BCUT2D eigenvalue weighted by Gasteiger charge is -2.18. The molecule has 0 aliphatic rings. The van der Waals surface area contributed by atoms with Crippen LogP contribution in [0.3, 0.4) is 0 Å². The van der Waals surface area contributed by atoms with Gasteiger partial charge in [-0.1, -0.05) is 28.1 Å². The van der Waals surface area contributed by atoms with E-state index in [0.29, 0.717) is 5.69 Å². The topological polar surface area (TPSA) is 20.3 Å². The van der Waals surface area contributed by atoms with Crippen LogP contribution in [0, 0.1) is 18.6 Å². The van der Waals surface area contributed by atoms with Gasteiger partial charge in [-0.25, -0.2) is 8.78 Å². The van der Waals surface area contributed by atoms with Gasteiger partial charge in [0.2, 0.25) is 0 Å². The molecule has 0 saturated carbocycles. The number of benzene rings is 2. The van der Waals surface area contributed by atoms with E-state index < -0.39 is 23.1 Å². The number of rotatable bonds is 2. The molecule has 0 atom stereocenters.